The van der Waals surface area contributed by atoms with Crippen LogP contribution in [-0.2, 0) is 0 Å². The van der Waals surface area contributed by atoms with E-state index in [0.717, 1.165) is 6.54 Å². The topological polar surface area (TPSA) is 44.3 Å². The molecule has 3 heteroatoms. The van der Waals surface area contributed by atoms with E-state index >= 15 is 0 Å². The Balaban J connectivity index is 3.48. The van der Waals surface area contributed by atoms with E-state index in [-0.39, 0.29) is 12.1 Å². The van der Waals surface area contributed by atoms with Crippen LogP contribution in [0, 0.1) is 0 Å². The minimum atomic E-state index is -0.283. The molecule has 3 N–H and O–H groups in total. The molecule has 0 aliphatic heterocycles. The van der Waals surface area contributed by atoms with Gasteiger partial charge in [-0.25, -0.2) is 0 Å². The predicted octanol–water partition coefficient (Wildman–Crippen LogP) is -0.0468. The van der Waals surface area contributed by atoms with Crippen molar-refractivity contribution in [3.05, 3.63) is 0 Å². The fraction of sp³-hybridized carbons (Fsp3) is 1.00. The maximum Gasteiger partial charge on any atom is 0.0662 e. The molecule has 0 rings (SSSR count). The molecule has 0 spiro atoms. The summed E-state index contributed by atoms with van der Waals surface area (Å²) in [6, 6.07) is 0.572. The van der Waals surface area contributed by atoms with Gasteiger partial charge in [0.25, 0.3) is 0 Å². The number of aliphatic hydroxyl groups excluding tert-OH is 1. The van der Waals surface area contributed by atoms with Crippen molar-refractivity contribution in [2.75, 3.05) is 13.6 Å². The lowest BCUT2D eigenvalue weighted by atomic mass is 10.2. The van der Waals surface area contributed by atoms with Crippen molar-refractivity contribution < 1.29 is 5.11 Å². The van der Waals surface area contributed by atoms with Crippen molar-refractivity contribution in [1.82, 2.24) is 10.6 Å². The molecule has 3 atom stereocenters. The average molecular weight is 160 g/mol. The van der Waals surface area contributed by atoms with Crippen molar-refractivity contribution >= 4 is 0 Å². The molecule has 0 aromatic rings. The minimum Gasteiger partial charge on any atom is -0.392 e. The Morgan fingerprint density at radius 3 is 2.18 bits per heavy atom. The number of aliphatic hydroxyl groups is 1. The Bertz CT molecular complexity index is 96.1. The van der Waals surface area contributed by atoms with Gasteiger partial charge in [0.15, 0.2) is 0 Å². The van der Waals surface area contributed by atoms with E-state index < -0.39 is 0 Å². The molecule has 0 bridgehead atoms. The van der Waals surface area contributed by atoms with E-state index in [1.807, 2.05) is 14.0 Å². The molecule has 0 aromatic carbocycles. The summed E-state index contributed by atoms with van der Waals surface area (Å²) in [5.41, 5.74) is 0. The van der Waals surface area contributed by atoms with Crippen molar-refractivity contribution in [1.29, 1.82) is 0 Å². The largest absolute Gasteiger partial charge is 0.392 e. The zero-order chi connectivity index (χ0) is 8.85. The average Bonchev–Trinajstić information content (AvgIpc) is 1.87. The zero-order valence-electron chi connectivity index (χ0n) is 7.89. The molecule has 0 aromatic heterocycles. The third-order valence-electron chi connectivity index (χ3n) is 1.78. The van der Waals surface area contributed by atoms with Crippen LogP contribution in [0.1, 0.15) is 20.8 Å². The molecule has 0 aliphatic carbocycles. The molecule has 0 saturated carbocycles. The van der Waals surface area contributed by atoms with Crippen LogP contribution in [0.3, 0.4) is 0 Å². The van der Waals surface area contributed by atoms with Gasteiger partial charge >= 0.3 is 0 Å². The van der Waals surface area contributed by atoms with Gasteiger partial charge in [-0.1, -0.05) is 0 Å². The fourth-order valence-electron chi connectivity index (χ4n) is 0.953. The van der Waals surface area contributed by atoms with Gasteiger partial charge in [-0.3, -0.25) is 0 Å². The van der Waals surface area contributed by atoms with Crippen LogP contribution >= 0.6 is 0 Å². The SMILES string of the molecule is CNCC(C)NC(C)C(C)O. The van der Waals surface area contributed by atoms with Crippen LogP contribution < -0.4 is 10.6 Å². The summed E-state index contributed by atoms with van der Waals surface area (Å²) in [6.45, 7) is 6.80. The van der Waals surface area contributed by atoms with E-state index in [1.165, 1.54) is 0 Å². The molecule has 0 radical (unpaired) electrons. The molecule has 3 nitrogen and oxygen atoms in total. The van der Waals surface area contributed by atoms with Crippen LogP contribution in [0.4, 0.5) is 0 Å². The summed E-state index contributed by atoms with van der Waals surface area (Å²) in [5.74, 6) is 0. The number of nitrogens with one attached hydrogen (secondary N) is 2. The first-order valence-corrected chi connectivity index (χ1v) is 4.16. The van der Waals surface area contributed by atoms with E-state index in [4.69, 9.17) is 5.11 Å². The lowest BCUT2D eigenvalue weighted by molar-refractivity contribution is 0.147. The van der Waals surface area contributed by atoms with E-state index in [9.17, 15) is 0 Å². The van der Waals surface area contributed by atoms with Crippen LogP contribution in [0.15, 0.2) is 0 Å². The van der Waals surface area contributed by atoms with E-state index in [2.05, 4.69) is 17.6 Å². The Morgan fingerprint density at radius 2 is 1.82 bits per heavy atom. The van der Waals surface area contributed by atoms with Gasteiger partial charge in [0.2, 0.25) is 0 Å². The first-order chi connectivity index (χ1) is 5.07. The number of hydrogen-bond donors (Lipinski definition) is 3. The second kappa shape index (κ2) is 5.52. The fourth-order valence-corrected chi connectivity index (χ4v) is 0.953. The number of hydrogen-bond acceptors (Lipinski definition) is 3. The third-order valence-corrected chi connectivity index (χ3v) is 1.78. The third kappa shape index (κ3) is 5.18. The summed E-state index contributed by atoms with van der Waals surface area (Å²) in [6.07, 6.45) is -0.283. The van der Waals surface area contributed by atoms with Crippen molar-refractivity contribution in [2.24, 2.45) is 0 Å². The number of likely N-dealkylation sites (N-methyl/N-ethyl adjacent to an activating group) is 1. The van der Waals surface area contributed by atoms with Crippen molar-refractivity contribution in [3.8, 4) is 0 Å². The van der Waals surface area contributed by atoms with Gasteiger partial charge in [0, 0.05) is 18.6 Å². The molecular weight excluding hydrogens is 140 g/mol. The first-order valence-electron chi connectivity index (χ1n) is 4.16. The molecule has 0 aliphatic rings. The van der Waals surface area contributed by atoms with Gasteiger partial charge in [-0.05, 0) is 27.8 Å². The molecule has 0 saturated heterocycles. The highest BCUT2D eigenvalue weighted by atomic mass is 16.3. The summed E-state index contributed by atoms with van der Waals surface area (Å²) in [7, 11) is 1.92. The normalized spacial score (nSPS) is 19.4. The second-order valence-electron chi connectivity index (χ2n) is 3.15. The van der Waals surface area contributed by atoms with E-state index in [0.29, 0.717) is 6.04 Å². The van der Waals surface area contributed by atoms with Gasteiger partial charge in [0.05, 0.1) is 6.10 Å². The molecule has 11 heavy (non-hydrogen) atoms. The van der Waals surface area contributed by atoms with Crippen LogP contribution in [-0.4, -0.2) is 36.9 Å². The quantitative estimate of drug-likeness (QED) is 0.528. The van der Waals surface area contributed by atoms with E-state index in [1.54, 1.807) is 6.92 Å². The van der Waals surface area contributed by atoms with Crippen LogP contribution in [0.2, 0.25) is 0 Å². The Labute approximate surface area is 69.2 Å². The lowest BCUT2D eigenvalue weighted by Gasteiger charge is -2.21. The van der Waals surface area contributed by atoms with Crippen molar-refractivity contribution in [3.63, 3.8) is 0 Å². The second-order valence-corrected chi connectivity index (χ2v) is 3.15. The predicted molar refractivity (Wildman–Crippen MR) is 47.7 cm³/mol. The highest BCUT2D eigenvalue weighted by molar-refractivity contribution is 4.72. The summed E-state index contributed by atoms with van der Waals surface area (Å²) >= 11 is 0. The maximum atomic E-state index is 9.16. The molecule has 0 fully saturated rings. The zero-order valence-corrected chi connectivity index (χ0v) is 7.89. The Morgan fingerprint density at radius 1 is 1.27 bits per heavy atom. The monoisotopic (exact) mass is 160 g/mol. The van der Waals surface area contributed by atoms with Gasteiger partial charge in [-0.2, -0.15) is 0 Å². The van der Waals surface area contributed by atoms with Gasteiger partial charge in [0.1, 0.15) is 0 Å². The van der Waals surface area contributed by atoms with Crippen molar-refractivity contribution in [2.45, 2.75) is 39.0 Å². The summed E-state index contributed by atoms with van der Waals surface area (Å²) in [5, 5.41) is 15.5. The van der Waals surface area contributed by atoms with Gasteiger partial charge < -0.3 is 15.7 Å². The molecule has 0 amide bonds. The smallest absolute Gasteiger partial charge is 0.0662 e. The highest BCUT2D eigenvalue weighted by Gasteiger charge is 2.10. The Hall–Kier alpha value is -0.120. The summed E-state index contributed by atoms with van der Waals surface area (Å²) < 4.78 is 0. The van der Waals surface area contributed by atoms with Crippen LogP contribution in [0.25, 0.3) is 0 Å². The minimum absolute atomic E-state index is 0.165. The molecule has 3 unspecified atom stereocenters. The Kier molecular flexibility index (Phi) is 5.46. The molecule has 0 heterocycles. The van der Waals surface area contributed by atoms with Gasteiger partial charge in [-0.15, -0.1) is 0 Å². The lowest BCUT2D eigenvalue weighted by Crippen LogP contribution is -2.44. The molecular formula is C8H20N2O. The first kappa shape index (κ1) is 10.9. The summed E-state index contributed by atoms with van der Waals surface area (Å²) in [4.78, 5) is 0. The standard InChI is InChI=1S/C8H20N2O/c1-6(5-9-4)10-7(2)8(3)11/h6-11H,5H2,1-4H3. The number of rotatable bonds is 5. The molecule has 68 valence electrons. The van der Waals surface area contributed by atoms with Crippen LogP contribution in [0.5, 0.6) is 0 Å². The highest BCUT2D eigenvalue weighted by Crippen LogP contribution is 1.92. The maximum absolute atomic E-state index is 9.16.